The number of hydrogen-bond donors (Lipinski definition) is 0. The Morgan fingerprint density at radius 3 is 0.600 bits per heavy atom. The Balaban J connectivity index is 0. The van der Waals surface area contributed by atoms with E-state index in [4.69, 9.17) is 0 Å². The maximum absolute atomic E-state index is 0. The molecule has 0 unspecified atom stereocenters. The fourth-order valence-corrected chi connectivity index (χ4v) is 0. The molecule has 0 bridgehead atoms. The summed E-state index contributed by atoms with van der Waals surface area (Å²) in [4.78, 5) is 0. The Labute approximate surface area is 61.0 Å². The molecule has 0 aliphatic heterocycles. The predicted molar refractivity (Wildman–Crippen MR) is 10.6 cm³/mol. The van der Waals surface area contributed by atoms with Crippen LogP contribution >= 0.6 is 0 Å². The molecule has 3 nitrogen and oxygen atoms in total. The van der Waals surface area contributed by atoms with Gasteiger partial charge in [0.1, 0.15) is 0 Å². The second-order valence-corrected chi connectivity index (χ2v) is 0. The van der Waals surface area contributed by atoms with Crippen molar-refractivity contribution in [2.24, 2.45) is 0 Å². The number of hydrogen-bond acceptors (Lipinski definition) is 0. The van der Waals surface area contributed by atoms with E-state index in [2.05, 4.69) is 0 Å². The summed E-state index contributed by atoms with van der Waals surface area (Å²) in [6.45, 7) is 0. The van der Waals surface area contributed by atoms with Crippen molar-refractivity contribution >= 4 is 23.7 Å². The Bertz CT molecular complexity index is 6.85. The molecule has 0 aliphatic carbocycles. The molecule has 0 amide bonds. The minimum atomic E-state index is 0. The van der Waals surface area contributed by atoms with Gasteiger partial charge < -0.3 is 16.4 Å². The van der Waals surface area contributed by atoms with Crippen LogP contribution in [0.2, 0.25) is 0 Å². The number of rotatable bonds is 0. The second-order valence-electron chi connectivity index (χ2n) is 0. The van der Waals surface area contributed by atoms with Crippen LogP contribution in [-0.2, 0) is 37.5 Å². The van der Waals surface area contributed by atoms with Crippen LogP contribution in [-0.4, -0.2) is 23.7 Å². The molecule has 0 atom stereocenters. The molecule has 0 aromatic carbocycles. The summed E-state index contributed by atoms with van der Waals surface area (Å²) < 4.78 is 0. The van der Waals surface area contributed by atoms with Gasteiger partial charge in [-0.15, -0.1) is 0 Å². The first kappa shape index (κ1) is 99.0. The Hall–Kier alpha value is 1.36. The van der Waals surface area contributed by atoms with Crippen molar-refractivity contribution < 1.29 is 37.5 Å². The minimum absolute atomic E-state index is 0. The molecule has 0 heterocycles. The van der Waals surface area contributed by atoms with Gasteiger partial charge in [-0.3, -0.25) is 0 Å². The molecule has 0 aliphatic rings. The van der Waals surface area contributed by atoms with Crippen molar-refractivity contribution in [3.05, 3.63) is 0 Å². The fourth-order valence-electron chi connectivity index (χ4n) is 0. The molecule has 0 radical (unpaired) electrons. The fraction of sp³-hybridized carbons (Fsp3) is 0. The van der Waals surface area contributed by atoms with Gasteiger partial charge in [0.15, 0.2) is 0 Å². The molecule has 0 saturated heterocycles. The standard InChI is InChI=1S/Mo.3O.H2Te/h;;;;1H2/q+6;3*-2;. The molecule has 0 aromatic heterocycles. The van der Waals surface area contributed by atoms with Crippen molar-refractivity contribution in [1.29, 1.82) is 0 Å². The third-order valence-corrected chi connectivity index (χ3v) is 0. The SMILES string of the molecule is [Mo+6].[O-2].[O-2].[O-2].[TeH2]. The van der Waals surface area contributed by atoms with Gasteiger partial charge in [-0.2, -0.15) is 0 Å². The van der Waals surface area contributed by atoms with Gasteiger partial charge in [0, 0.05) is 0 Å². The van der Waals surface area contributed by atoms with Crippen LogP contribution in [0.1, 0.15) is 0 Å². The zero-order valence-electron chi connectivity index (χ0n) is 2.13. The van der Waals surface area contributed by atoms with E-state index in [9.17, 15) is 0 Å². The van der Waals surface area contributed by atoms with E-state index < -0.39 is 0 Å². The molecular formula is H2MoO3Te. The third-order valence-electron chi connectivity index (χ3n) is 0. The molecule has 5 heavy (non-hydrogen) atoms. The van der Waals surface area contributed by atoms with Crippen LogP contribution in [0.3, 0.4) is 0 Å². The van der Waals surface area contributed by atoms with Crippen LogP contribution in [0.5, 0.6) is 0 Å². The maximum atomic E-state index is 0. The normalized spacial score (nSPS) is 0. The topological polar surface area (TPSA) is 85.5 Å². The van der Waals surface area contributed by atoms with Gasteiger partial charge in [0.05, 0.1) is 0 Å². The van der Waals surface area contributed by atoms with E-state index in [1.165, 1.54) is 0 Å². The first-order valence-electron chi connectivity index (χ1n) is 0. The molecule has 0 N–H and O–H groups in total. The molecule has 32 valence electrons. The van der Waals surface area contributed by atoms with E-state index in [0.29, 0.717) is 0 Å². The van der Waals surface area contributed by atoms with Gasteiger partial charge in [-0.05, 0) is 0 Å². The van der Waals surface area contributed by atoms with Crippen molar-refractivity contribution in [2.45, 2.75) is 0 Å². The van der Waals surface area contributed by atoms with Crippen molar-refractivity contribution in [2.75, 3.05) is 0 Å². The summed E-state index contributed by atoms with van der Waals surface area (Å²) in [7, 11) is 0. The van der Waals surface area contributed by atoms with Crippen LogP contribution in [0.25, 0.3) is 0 Å². The molecular weight excluding hydrogens is 272 g/mol. The Morgan fingerprint density at radius 1 is 0.600 bits per heavy atom. The summed E-state index contributed by atoms with van der Waals surface area (Å²) in [6, 6.07) is 0. The van der Waals surface area contributed by atoms with Gasteiger partial charge in [-0.25, -0.2) is 0 Å². The van der Waals surface area contributed by atoms with Crippen LogP contribution in [0.4, 0.5) is 0 Å². The molecule has 0 rings (SSSR count). The van der Waals surface area contributed by atoms with Crippen molar-refractivity contribution in [1.82, 2.24) is 0 Å². The average Bonchev–Trinajstić information content (AvgIpc) is 0. The predicted octanol–water partition coefficient (Wildman–Crippen LogP) is -1.28. The Morgan fingerprint density at radius 2 is 0.600 bits per heavy atom. The summed E-state index contributed by atoms with van der Waals surface area (Å²) >= 11 is 0. The molecule has 0 fully saturated rings. The van der Waals surface area contributed by atoms with Crippen LogP contribution in [0.15, 0.2) is 0 Å². The van der Waals surface area contributed by atoms with Gasteiger partial charge >= 0.3 is 44.7 Å². The van der Waals surface area contributed by atoms with Crippen molar-refractivity contribution in [3.63, 3.8) is 0 Å². The Kier molecular flexibility index (Phi) is 1090. The van der Waals surface area contributed by atoms with Crippen LogP contribution in [0, 0.1) is 0 Å². The third kappa shape index (κ3) is 32.8. The zero-order chi connectivity index (χ0) is 0. The molecule has 0 spiro atoms. The van der Waals surface area contributed by atoms with E-state index in [1.807, 2.05) is 0 Å². The molecule has 5 heteroatoms. The summed E-state index contributed by atoms with van der Waals surface area (Å²) in [5, 5.41) is 0. The van der Waals surface area contributed by atoms with Crippen molar-refractivity contribution in [3.8, 4) is 0 Å². The van der Waals surface area contributed by atoms with Crippen LogP contribution < -0.4 is 0 Å². The first-order valence-corrected chi connectivity index (χ1v) is 0. The van der Waals surface area contributed by atoms with Gasteiger partial charge in [0.25, 0.3) is 0 Å². The second kappa shape index (κ2) is 55.2. The summed E-state index contributed by atoms with van der Waals surface area (Å²) in [5.41, 5.74) is 0. The molecule has 0 aromatic rings. The van der Waals surface area contributed by atoms with E-state index in [0.717, 1.165) is 0 Å². The van der Waals surface area contributed by atoms with E-state index in [-0.39, 0.29) is 61.2 Å². The van der Waals surface area contributed by atoms with E-state index >= 15 is 0 Å². The first-order chi connectivity index (χ1) is 0. The summed E-state index contributed by atoms with van der Waals surface area (Å²) in [5.74, 6) is 0. The molecule has 0 saturated carbocycles. The quantitative estimate of drug-likeness (QED) is 0.493. The zero-order valence-corrected chi connectivity index (χ0v) is 6.99. The monoisotopic (exact) mass is 278 g/mol. The summed E-state index contributed by atoms with van der Waals surface area (Å²) in [6.07, 6.45) is 0. The van der Waals surface area contributed by atoms with Gasteiger partial charge in [-0.1, -0.05) is 0 Å². The van der Waals surface area contributed by atoms with Gasteiger partial charge in [0.2, 0.25) is 0 Å². The average molecular weight is 274 g/mol. The van der Waals surface area contributed by atoms with E-state index in [1.54, 1.807) is 0 Å².